The Balaban J connectivity index is 3.15. The first-order valence-electron chi connectivity index (χ1n) is 3.49. The van der Waals surface area contributed by atoms with Crippen molar-refractivity contribution in [3.8, 4) is 0 Å². The molecule has 2 N–H and O–H groups in total. The normalized spacial score (nSPS) is 13.0. The van der Waals surface area contributed by atoms with Crippen molar-refractivity contribution in [3.05, 3.63) is 33.8 Å². The van der Waals surface area contributed by atoms with Crippen molar-refractivity contribution in [3.63, 3.8) is 0 Å². The van der Waals surface area contributed by atoms with E-state index in [-0.39, 0.29) is 10.0 Å². The van der Waals surface area contributed by atoms with E-state index in [9.17, 15) is 8.78 Å². The van der Waals surface area contributed by atoms with Gasteiger partial charge in [0, 0.05) is 10.0 Å². The summed E-state index contributed by atoms with van der Waals surface area (Å²) in [6, 6.07) is 1.75. The summed E-state index contributed by atoms with van der Waals surface area (Å²) in [5.74, 6) is -2.05. The van der Waals surface area contributed by atoms with E-state index in [1.54, 1.807) is 0 Å². The van der Waals surface area contributed by atoms with Crippen LogP contribution in [0, 0.1) is 11.6 Å². The topological polar surface area (TPSA) is 40.5 Å². The molecule has 0 amide bonds. The van der Waals surface area contributed by atoms with Crippen molar-refractivity contribution in [1.82, 2.24) is 0 Å². The fraction of sp³-hybridized carbons (Fsp3) is 0.250. The minimum atomic E-state index is -1.20. The Morgan fingerprint density at radius 3 is 2.38 bits per heavy atom. The molecule has 13 heavy (non-hydrogen) atoms. The molecule has 0 aliphatic heterocycles. The molecular weight excluding hydrogens is 246 g/mol. The molecule has 1 aromatic rings. The second kappa shape index (κ2) is 4.13. The molecular formula is C8H7BrF2O2. The molecule has 0 heterocycles. The predicted molar refractivity (Wildman–Crippen MR) is 46.1 cm³/mol. The van der Waals surface area contributed by atoms with Crippen LogP contribution < -0.4 is 0 Å². The van der Waals surface area contributed by atoms with Crippen LogP contribution in [0.1, 0.15) is 11.7 Å². The van der Waals surface area contributed by atoms with Gasteiger partial charge in [-0.3, -0.25) is 0 Å². The summed E-state index contributed by atoms with van der Waals surface area (Å²) >= 11 is 2.94. The lowest BCUT2D eigenvalue weighted by molar-refractivity contribution is 0.0947. The largest absolute Gasteiger partial charge is 0.393 e. The molecule has 1 unspecified atom stereocenters. The summed E-state index contributed by atoms with van der Waals surface area (Å²) in [4.78, 5) is 0. The van der Waals surface area contributed by atoms with Gasteiger partial charge in [-0.2, -0.15) is 0 Å². The average Bonchev–Trinajstić information content (AvgIpc) is 2.10. The van der Waals surface area contributed by atoms with Gasteiger partial charge >= 0.3 is 0 Å². The maximum atomic E-state index is 12.7. The fourth-order valence-corrected chi connectivity index (χ4v) is 1.47. The van der Waals surface area contributed by atoms with Crippen LogP contribution in [0.15, 0.2) is 16.6 Å². The zero-order valence-electron chi connectivity index (χ0n) is 6.47. The minimum absolute atomic E-state index is 0.126. The van der Waals surface area contributed by atoms with E-state index < -0.39 is 24.3 Å². The van der Waals surface area contributed by atoms with Crippen molar-refractivity contribution < 1.29 is 19.0 Å². The minimum Gasteiger partial charge on any atom is -0.393 e. The van der Waals surface area contributed by atoms with Crippen molar-refractivity contribution >= 4 is 15.9 Å². The lowest BCUT2D eigenvalue weighted by Crippen LogP contribution is -2.04. The third kappa shape index (κ3) is 2.24. The summed E-state index contributed by atoms with van der Waals surface area (Å²) in [5, 5.41) is 17.7. The Hall–Kier alpha value is -0.520. The van der Waals surface area contributed by atoms with E-state index in [1.807, 2.05) is 0 Å². The zero-order valence-corrected chi connectivity index (χ0v) is 8.05. The second-order valence-electron chi connectivity index (χ2n) is 2.49. The maximum absolute atomic E-state index is 12.7. The van der Waals surface area contributed by atoms with Gasteiger partial charge in [-0.25, -0.2) is 8.78 Å². The van der Waals surface area contributed by atoms with Gasteiger partial charge in [0.15, 0.2) is 11.6 Å². The smallest absolute Gasteiger partial charge is 0.159 e. The van der Waals surface area contributed by atoms with Gasteiger partial charge in [0.1, 0.15) is 6.10 Å². The number of halogens is 3. The number of rotatable bonds is 2. The van der Waals surface area contributed by atoms with E-state index >= 15 is 0 Å². The fourth-order valence-electron chi connectivity index (χ4n) is 0.892. The molecule has 5 heteroatoms. The van der Waals surface area contributed by atoms with E-state index in [2.05, 4.69) is 15.9 Å². The highest BCUT2D eigenvalue weighted by Gasteiger charge is 2.14. The number of aliphatic hydroxyl groups is 2. The Morgan fingerprint density at radius 1 is 1.31 bits per heavy atom. The van der Waals surface area contributed by atoms with Crippen LogP contribution in [0.2, 0.25) is 0 Å². The van der Waals surface area contributed by atoms with Gasteiger partial charge < -0.3 is 10.2 Å². The number of hydrogen-bond acceptors (Lipinski definition) is 2. The highest BCUT2D eigenvalue weighted by molar-refractivity contribution is 9.10. The molecule has 0 aromatic heterocycles. The standard InChI is InChI=1S/C8H7BrF2O2/c9-5-2-7(11)6(10)1-4(5)8(13)3-12/h1-2,8,12-13H,3H2. The van der Waals surface area contributed by atoms with Crippen LogP contribution in [0.25, 0.3) is 0 Å². The Kier molecular flexibility index (Phi) is 3.35. The lowest BCUT2D eigenvalue weighted by atomic mass is 10.1. The molecule has 1 rings (SSSR count). The quantitative estimate of drug-likeness (QED) is 0.788. The van der Waals surface area contributed by atoms with Gasteiger partial charge in [0.2, 0.25) is 0 Å². The summed E-state index contributed by atoms with van der Waals surface area (Å²) < 4.78 is 25.5. The summed E-state index contributed by atoms with van der Waals surface area (Å²) in [5.41, 5.74) is 0.126. The second-order valence-corrected chi connectivity index (χ2v) is 3.34. The summed E-state index contributed by atoms with van der Waals surface area (Å²) in [6.07, 6.45) is -1.20. The van der Waals surface area contributed by atoms with E-state index in [1.165, 1.54) is 0 Å². The summed E-state index contributed by atoms with van der Waals surface area (Å²) in [7, 11) is 0. The molecule has 0 fully saturated rings. The third-order valence-corrected chi connectivity index (χ3v) is 2.26. The first-order chi connectivity index (χ1) is 6.06. The van der Waals surface area contributed by atoms with E-state index in [0.717, 1.165) is 12.1 Å². The van der Waals surface area contributed by atoms with Crippen molar-refractivity contribution in [2.24, 2.45) is 0 Å². The van der Waals surface area contributed by atoms with Crippen molar-refractivity contribution in [1.29, 1.82) is 0 Å². The van der Waals surface area contributed by atoms with Crippen LogP contribution in [-0.4, -0.2) is 16.8 Å². The van der Waals surface area contributed by atoms with Gasteiger partial charge in [0.25, 0.3) is 0 Å². The van der Waals surface area contributed by atoms with E-state index in [4.69, 9.17) is 10.2 Å². The van der Waals surface area contributed by atoms with Crippen LogP contribution in [0.5, 0.6) is 0 Å². The van der Waals surface area contributed by atoms with Gasteiger partial charge in [0.05, 0.1) is 6.61 Å². The third-order valence-electron chi connectivity index (χ3n) is 1.57. The molecule has 0 bridgehead atoms. The molecule has 2 nitrogen and oxygen atoms in total. The molecule has 0 radical (unpaired) electrons. The van der Waals surface area contributed by atoms with Gasteiger partial charge in [-0.15, -0.1) is 0 Å². The molecule has 0 saturated heterocycles. The molecule has 0 saturated carbocycles. The molecule has 0 spiro atoms. The Labute approximate surface area is 81.9 Å². The van der Waals surface area contributed by atoms with Crippen LogP contribution in [0.3, 0.4) is 0 Å². The van der Waals surface area contributed by atoms with Crippen LogP contribution in [0.4, 0.5) is 8.78 Å². The number of benzene rings is 1. The summed E-state index contributed by atoms with van der Waals surface area (Å²) in [6.45, 7) is -0.538. The Morgan fingerprint density at radius 2 is 1.85 bits per heavy atom. The first kappa shape index (κ1) is 10.6. The highest BCUT2D eigenvalue weighted by atomic mass is 79.9. The van der Waals surface area contributed by atoms with E-state index in [0.29, 0.717) is 0 Å². The van der Waals surface area contributed by atoms with Crippen molar-refractivity contribution in [2.75, 3.05) is 6.61 Å². The highest BCUT2D eigenvalue weighted by Crippen LogP contribution is 2.25. The number of hydrogen-bond donors (Lipinski definition) is 2. The molecule has 0 aliphatic carbocycles. The molecule has 1 atom stereocenters. The first-order valence-corrected chi connectivity index (χ1v) is 4.29. The maximum Gasteiger partial charge on any atom is 0.159 e. The number of aliphatic hydroxyl groups excluding tert-OH is 2. The van der Waals surface area contributed by atoms with Crippen LogP contribution in [-0.2, 0) is 0 Å². The zero-order chi connectivity index (χ0) is 10.0. The Bertz CT molecular complexity index is 317. The van der Waals surface area contributed by atoms with Crippen molar-refractivity contribution in [2.45, 2.75) is 6.10 Å². The SMILES string of the molecule is OCC(O)c1cc(F)c(F)cc1Br. The molecule has 0 aliphatic rings. The van der Waals surface area contributed by atoms with Crippen LogP contribution >= 0.6 is 15.9 Å². The monoisotopic (exact) mass is 252 g/mol. The average molecular weight is 253 g/mol. The van der Waals surface area contributed by atoms with Gasteiger partial charge in [-0.1, -0.05) is 15.9 Å². The molecule has 1 aromatic carbocycles. The predicted octanol–water partition coefficient (Wildman–Crippen LogP) is 1.75. The lowest BCUT2D eigenvalue weighted by Gasteiger charge is -2.09. The van der Waals surface area contributed by atoms with Gasteiger partial charge in [-0.05, 0) is 12.1 Å². The molecule has 72 valence electrons.